The Morgan fingerprint density at radius 1 is 1.11 bits per heavy atom. The molecule has 0 bridgehead atoms. The zero-order chi connectivity index (χ0) is 26.1. The van der Waals surface area contributed by atoms with Crippen molar-refractivity contribution in [2.75, 3.05) is 19.7 Å². The van der Waals surface area contributed by atoms with Gasteiger partial charge in [0.05, 0.1) is 6.57 Å². The highest BCUT2D eigenvalue weighted by Crippen LogP contribution is 2.50. The van der Waals surface area contributed by atoms with Gasteiger partial charge in [-0.2, -0.15) is 0 Å². The highest BCUT2D eigenvalue weighted by Gasteiger charge is 2.31. The van der Waals surface area contributed by atoms with E-state index in [-0.39, 0.29) is 17.2 Å². The molecule has 5 rings (SSSR count). The first-order valence-corrected chi connectivity index (χ1v) is 12.7. The summed E-state index contributed by atoms with van der Waals surface area (Å²) < 4.78 is 12.6. The largest absolute Gasteiger partial charge is 0.519 e. The summed E-state index contributed by atoms with van der Waals surface area (Å²) >= 11 is 0. The number of phenolic OH excluding ortho intramolecular Hbond substituents is 2. The van der Waals surface area contributed by atoms with Crippen molar-refractivity contribution in [2.24, 2.45) is 5.92 Å². The second-order valence-electron chi connectivity index (χ2n) is 10.1. The van der Waals surface area contributed by atoms with E-state index in [1.807, 2.05) is 37.3 Å². The molecular formula is C31H32N2O4. The average Bonchev–Trinajstić information content (AvgIpc) is 3.34. The van der Waals surface area contributed by atoms with Crippen molar-refractivity contribution in [2.45, 2.75) is 39.3 Å². The molecule has 1 fully saturated rings. The van der Waals surface area contributed by atoms with Crippen molar-refractivity contribution in [1.82, 2.24) is 4.90 Å². The van der Waals surface area contributed by atoms with E-state index < -0.39 is 6.10 Å². The van der Waals surface area contributed by atoms with Gasteiger partial charge in [-0.1, -0.05) is 31.2 Å². The van der Waals surface area contributed by atoms with Crippen LogP contribution in [0, 0.1) is 12.5 Å². The third-order valence-corrected chi connectivity index (χ3v) is 7.45. The molecule has 3 atom stereocenters. The van der Waals surface area contributed by atoms with Crippen LogP contribution < -0.4 is 9.47 Å². The number of hydrogen-bond acceptors (Lipinski definition) is 5. The van der Waals surface area contributed by atoms with Gasteiger partial charge in [0, 0.05) is 18.2 Å². The summed E-state index contributed by atoms with van der Waals surface area (Å²) in [5.74, 6) is 2.26. The minimum atomic E-state index is -0.501. The number of phenols is 2. The molecule has 6 nitrogen and oxygen atoms in total. The molecular weight excluding hydrogens is 464 g/mol. The lowest BCUT2D eigenvalue weighted by Crippen LogP contribution is -2.35. The van der Waals surface area contributed by atoms with E-state index in [1.165, 1.54) is 12.5 Å². The van der Waals surface area contributed by atoms with Crippen molar-refractivity contribution in [3.63, 3.8) is 0 Å². The van der Waals surface area contributed by atoms with Crippen molar-refractivity contribution in [3.05, 3.63) is 88.8 Å². The van der Waals surface area contributed by atoms with Gasteiger partial charge in [-0.05, 0) is 91.4 Å². The van der Waals surface area contributed by atoms with E-state index in [0.717, 1.165) is 47.0 Å². The van der Waals surface area contributed by atoms with E-state index in [9.17, 15) is 10.2 Å². The lowest BCUT2D eigenvalue weighted by molar-refractivity contribution is 0.169. The monoisotopic (exact) mass is 496 g/mol. The number of para-hydroxylation sites is 1. The van der Waals surface area contributed by atoms with Crippen LogP contribution in [-0.4, -0.2) is 40.9 Å². The van der Waals surface area contributed by atoms with Gasteiger partial charge in [-0.3, -0.25) is 4.90 Å². The molecule has 0 aromatic heterocycles. The van der Waals surface area contributed by atoms with Crippen LogP contribution in [0.2, 0.25) is 0 Å². The fourth-order valence-corrected chi connectivity index (χ4v) is 5.32. The van der Waals surface area contributed by atoms with E-state index in [2.05, 4.69) is 23.6 Å². The predicted molar refractivity (Wildman–Crippen MR) is 145 cm³/mol. The number of aromatic hydroxyl groups is 2. The molecule has 2 aliphatic rings. The summed E-state index contributed by atoms with van der Waals surface area (Å²) in [6.45, 7) is 17.0. The van der Waals surface area contributed by atoms with Crippen LogP contribution in [-0.2, 0) is 0 Å². The number of fused-ring (bicyclic) bond motifs is 1. The number of rotatable bonds is 6. The molecule has 1 unspecified atom stereocenters. The van der Waals surface area contributed by atoms with Crippen LogP contribution in [0.5, 0.6) is 23.0 Å². The summed E-state index contributed by atoms with van der Waals surface area (Å²) in [6, 6.07) is 18.3. The summed E-state index contributed by atoms with van der Waals surface area (Å²) in [7, 11) is 0. The fraction of sp³-hybridized carbons (Fsp3) is 0.323. The summed E-state index contributed by atoms with van der Waals surface area (Å²) in [6.07, 6.45) is 0.741. The zero-order valence-corrected chi connectivity index (χ0v) is 21.4. The van der Waals surface area contributed by atoms with Crippen LogP contribution in [0.25, 0.3) is 16.0 Å². The Hall–Kier alpha value is -3.95. The number of likely N-dealkylation sites (tertiary alicyclic amines) is 1. The van der Waals surface area contributed by atoms with Crippen LogP contribution in [0.3, 0.4) is 0 Å². The van der Waals surface area contributed by atoms with Gasteiger partial charge in [-0.15, -0.1) is 0 Å². The smallest absolute Gasteiger partial charge is 0.235 e. The molecule has 37 heavy (non-hydrogen) atoms. The lowest BCUT2D eigenvalue weighted by atomic mass is 9.85. The molecule has 6 heteroatoms. The summed E-state index contributed by atoms with van der Waals surface area (Å²) in [5.41, 5.74) is 4.12. The quantitative estimate of drug-likeness (QED) is 0.367. The van der Waals surface area contributed by atoms with Gasteiger partial charge in [0.25, 0.3) is 0 Å². The Labute approximate surface area is 218 Å². The van der Waals surface area contributed by atoms with Crippen LogP contribution in [0.15, 0.2) is 60.7 Å². The molecule has 190 valence electrons. The molecule has 0 spiro atoms. The van der Waals surface area contributed by atoms with Crippen LogP contribution >= 0.6 is 0 Å². The Morgan fingerprint density at radius 3 is 2.59 bits per heavy atom. The maximum Gasteiger partial charge on any atom is 0.235 e. The number of hydrogen-bond donors (Lipinski definition) is 2. The molecule has 2 aliphatic heterocycles. The number of benzene rings is 3. The number of nitrogens with zero attached hydrogens (tertiary/aromatic N) is 2. The molecule has 3 aromatic rings. The van der Waals surface area contributed by atoms with Crippen LogP contribution in [0.4, 0.5) is 5.69 Å². The first kappa shape index (κ1) is 24.7. The normalized spacial score (nSPS) is 20.2. The van der Waals surface area contributed by atoms with Gasteiger partial charge in [-0.25, -0.2) is 4.85 Å². The van der Waals surface area contributed by atoms with Crippen molar-refractivity contribution >= 4 is 16.8 Å². The van der Waals surface area contributed by atoms with Gasteiger partial charge in [0.2, 0.25) is 5.69 Å². The van der Waals surface area contributed by atoms with Gasteiger partial charge < -0.3 is 19.7 Å². The van der Waals surface area contributed by atoms with Crippen molar-refractivity contribution in [1.29, 1.82) is 0 Å². The first-order chi connectivity index (χ1) is 17.9. The second kappa shape index (κ2) is 10.2. The lowest BCUT2D eigenvalue weighted by Gasteiger charge is -2.32. The fourth-order valence-electron chi connectivity index (χ4n) is 5.32. The molecule has 2 N–H and O–H groups in total. The summed E-state index contributed by atoms with van der Waals surface area (Å²) in [5, 5.41) is 20.5. The minimum absolute atomic E-state index is 0.0708. The highest BCUT2D eigenvalue weighted by atomic mass is 16.5. The van der Waals surface area contributed by atoms with Gasteiger partial charge in [0.1, 0.15) is 35.7 Å². The Morgan fingerprint density at radius 2 is 1.89 bits per heavy atom. The third-order valence-electron chi connectivity index (χ3n) is 7.45. The van der Waals surface area contributed by atoms with E-state index in [0.29, 0.717) is 24.0 Å². The third kappa shape index (κ3) is 4.87. The topological polar surface area (TPSA) is 66.5 Å². The number of ether oxygens (including phenoxy) is 2. The zero-order valence-electron chi connectivity index (χ0n) is 21.4. The SMILES string of the molecule is [C-]#[N+]c1c(O)cccc1C1=C(C)c2cc(O)ccc2OC1c1ccc(OC[C@H](C)N2CC[C@@H](C)C2)cc1. The second-order valence-corrected chi connectivity index (χ2v) is 10.1. The van der Waals surface area contributed by atoms with Crippen LogP contribution in [0.1, 0.15) is 50.0 Å². The average molecular weight is 497 g/mol. The molecule has 0 radical (unpaired) electrons. The Kier molecular flexibility index (Phi) is 6.82. The van der Waals surface area contributed by atoms with E-state index in [4.69, 9.17) is 16.0 Å². The van der Waals surface area contributed by atoms with E-state index in [1.54, 1.807) is 24.3 Å². The number of allylic oxidation sites excluding steroid dienone is 1. The Bertz CT molecular complexity index is 1370. The minimum Gasteiger partial charge on any atom is -0.519 e. The summed E-state index contributed by atoms with van der Waals surface area (Å²) in [4.78, 5) is 6.09. The predicted octanol–water partition coefficient (Wildman–Crippen LogP) is 6.82. The maximum atomic E-state index is 10.4. The molecule has 1 saturated heterocycles. The standard InChI is InChI=1S/C31H32N2O4/c1-19-14-15-33(17-19)20(2)18-36-24-11-8-22(9-12-24)31-29(25-6-5-7-27(35)30(25)32-4)21(3)26-16-23(34)10-13-28(26)37-31/h5-13,16,19-20,31,34-35H,14-15,17-18H2,1-3H3/t19-,20+,31?/m1/s1. The molecule has 2 heterocycles. The van der Waals surface area contributed by atoms with Crippen molar-refractivity contribution < 1.29 is 19.7 Å². The Balaban J connectivity index is 1.46. The molecule has 0 aliphatic carbocycles. The molecule has 0 amide bonds. The van der Waals surface area contributed by atoms with Crippen molar-refractivity contribution in [3.8, 4) is 23.0 Å². The maximum absolute atomic E-state index is 10.4. The molecule has 3 aromatic carbocycles. The first-order valence-electron chi connectivity index (χ1n) is 12.7. The van der Waals surface area contributed by atoms with E-state index >= 15 is 0 Å². The highest BCUT2D eigenvalue weighted by molar-refractivity contribution is 5.99. The van der Waals surface area contributed by atoms with Gasteiger partial charge >= 0.3 is 0 Å². The van der Waals surface area contributed by atoms with Gasteiger partial charge in [0.15, 0.2) is 0 Å². The molecule has 0 saturated carbocycles.